The fraction of sp³-hybridized carbons (Fsp3) is 0.412. The lowest BCUT2D eigenvalue weighted by atomic mass is 10.1. The molecule has 1 aliphatic rings. The zero-order valence-electron chi connectivity index (χ0n) is 12.2. The second kappa shape index (κ2) is 5.98. The largest absolute Gasteiger partial charge is 0.370 e. The van der Waals surface area contributed by atoms with Crippen LogP contribution in [0.5, 0.6) is 0 Å². The molecule has 1 aliphatic carbocycles. The van der Waals surface area contributed by atoms with E-state index in [1.165, 1.54) is 35.2 Å². The lowest BCUT2D eigenvalue weighted by Gasteiger charge is -2.21. The highest BCUT2D eigenvalue weighted by Crippen LogP contribution is 2.24. The Morgan fingerprint density at radius 3 is 2.75 bits per heavy atom. The van der Waals surface area contributed by atoms with Crippen molar-refractivity contribution in [3.05, 3.63) is 51.7 Å². The van der Waals surface area contributed by atoms with E-state index in [9.17, 15) is 0 Å². The molecule has 1 saturated carbocycles. The standard InChI is InChI=1S/C17H22N2S/c1-13-9-14(10-18-16-4-5-16)3-6-17(13)19(2)11-15-7-8-20-12-15/h3,6-9,12,16,18H,4-5,10-11H2,1-2H3. The number of hydrogen-bond donors (Lipinski definition) is 1. The highest BCUT2D eigenvalue weighted by molar-refractivity contribution is 7.07. The Labute approximate surface area is 125 Å². The summed E-state index contributed by atoms with van der Waals surface area (Å²) in [6.45, 7) is 4.18. The van der Waals surface area contributed by atoms with Gasteiger partial charge in [-0.3, -0.25) is 0 Å². The van der Waals surface area contributed by atoms with Gasteiger partial charge in [0.05, 0.1) is 0 Å². The van der Waals surface area contributed by atoms with Crippen molar-refractivity contribution in [2.75, 3.05) is 11.9 Å². The van der Waals surface area contributed by atoms with E-state index < -0.39 is 0 Å². The van der Waals surface area contributed by atoms with Crippen LogP contribution in [-0.2, 0) is 13.1 Å². The third kappa shape index (κ3) is 3.41. The summed E-state index contributed by atoms with van der Waals surface area (Å²) >= 11 is 1.76. The first-order chi connectivity index (χ1) is 9.72. The van der Waals surface area contributed by atoms with Gasteiger partial charge in [-0.1, -0.05) is 12.1 Å². The van der Waals surface area contributed by atoms with Crippen LogP contribution in [0.15, 0.2) is 35.0 Å². The number of thiophene rings is 1. The van der Waals surface area contributed by atoms with Crippen LogP contribution in [0.4, 0.5) is 5.69 Å². The van der Waals surface area contributed by atoms with Gasteiger partial charge < -0.3 is 10.2 Å². The van der Waals surface area contributed by atoms with Crippen molar-refractivity contribution in [1.82, 2.24) is 5.32 Å². The van der Waals surface area contributed by atoms with Gasteiger partial charge in [-0.2, -0.15) is 11.3 Å². The zero-order chi connectivity index (χ0) is 13.9. The predicted octanol–water partition coefficient (Wildman–Crippen LogP) is 3.94. The van der Waals surface area contributed by atoms with Gasteiger partial charge in [0, 0.05) is 31.9 Å². The molecule has 2 nitrogen and oxygen atoms in total. The molecule has 0 unspecified atom stereocenters. The number of rotatable bonds is 6. The normalized spacial score (nSPS) is 14.5. The lowest BCUT2D eigenvalue weighted by molar-refractivity contribution is 0.687. The van der Waals surface area contributed by atoms with E-state index in [0.29, 0.717) is 0 Å². The highest BCUT2D eigenvalue weighted by Gasteiger charge is 2.20. The minimum Gasteiger partial charge on any atom is -0.370 e. The molecule has 1 heterocycles. The van der Waals surface area contributed by atoms with Crippen molar-refractivity contribution in [1.29, 1.82) is 0 Å². The first kappa shape index (κ1) is 13.7. The molecule has 1 aromatic heterocycles. The van der Waals surface area contributed by atoms with Gasteiger partial charge in [0.1, 0.15) is 0 Å². The Balaban J connectivity index is 1.66. The van der Waals surface area contributed by atoms with E-state index in [4.69, 9.17) is 0 Å². The summed E-state index contributed by atoms with van der Waals surface area (Å²) in [5.41, 5.74) is 5.46. The zero-order valence-corrected chi connectivity index (χ0v) is 13.0. The van der Waals surface area contributed by atoms with E-state index in [0.717, 1.165) is 19.1 Å². The molecule has 0 aliphatic heterocycles. The molecule has 1 fully saturated rings. The summed E-state index contributed by atoms with van der Waals surface area (Å²) in [7, 11) is 2.17. The molecule has 0 amide bonds. The molecule has 3 heteroatoms. The SMILES string of the molecule is Cc1cc(CNC2CC2)ccc1N(C)Cc1ccsc1. The maximum Gasteiger partial charge on any atom is 0.0434 e. The van der Waals surface area contributed by atoms with Crippen molar-refractivity contribution >= 4 is 17.0 Å². The monoisotopic (exact) mass is 286 g/mol. The molecule has 0 spiro atoms. The number of nitrogens with one attached hydrogen (secondary N) is 1. The first-order valence-electron chi connectivity index (χ1n) is 7.27. The van der Waals surface area contributed by atoms with Crippen LogP contribution in [-0.4, -0.2) is 13.1 Å². The lowest BCUT2D eigenvalue weighted by Crippen LogP contribution is -2.18. The minimum absolute atomic E-state index is 0.774. The number of aryl methyl sites for hydroxylation is 1. The number of benzene rings is 1. The van der Waals surface area contributed by atoms with E-state index in [-0.39, 0.29) is 0 Å². The van der Waals surface area contributed by atoms with Crippen molar-refractivity contribution < 1.29 is 0 Å². The maximum absolute atomic E-state index is 3.57. The average molecular weight is 286 g/mol. The van der Waals surface area contributed by atoms with Crippen molar-refractivity contribution in [3.8, 4) is 0 Å². The molecular formula is C17H22N2S. The summed E-state index contributed by atoms with van der Waals surface area (Å²) < 4.78 is 0. The van der Waals surface area contributed by atoms with Crippen LogP contribution < -0.4 is 10.2 Å². The van der Waals surface area contributed by atoms with Crippen LogP contribution >= 0.6 is 11.3 Å². The Morgan fingerprint density at radius 2 is 2.10 bits per heavy atom. The molecule has 0 radical (unpaired) electrons. The highest BCUT2D eigenvalue weighted by atomic mass is 32.1. The van der Waals surface area contributed by atoms with Crippen molar-refractivity contribution in [2.45, 2.75) is 38.9 Å². The second-order valence-electron chi connectivity index (χ2n) is 5.76. The Morgan fingerprint density at radius 1 is 1.25 bits per heavy atom. The van der Waals surface area contributed by atoms with Gasteiger partial charge in [-0.05, 0) is 59.3 Å². The molecule has 3 rings (SSSR count). The molecular weight excluding hydrogens is 264 g/mol. The van der Waals surface area contributed by atoms with Crippen molar-refractivity contribution in [3.63, 3.8) is 0 Å². The molecule has 2 aromatic rings. The average Bonchev–Trinajstić information content (AvgIpc) is 3.13. The van der Waals surface area contributed by atoms with Gasteiger partial charge >= 0.3 is 0 Å². The van der Waals surface area contributed by atoms with Crippen molar-refractivity contribution in [2.24, 2.45) is 0 Å². The van der Waals surface area contributed by atoms with E-state index in [1.807, 2.05) is 0 Å². The summed E-state index contributed by atoms with van der Waals surface area (Å²) in [6, 6.07) is 9.79. The number of hydrogen-bond acceptors (Lipinski definition) is 3. The number of anilines is 1. The number of nitrogens with zero attached hydrogens (tertiary/aromatic N) is 1. The summed E-state index contributed by atoms with van der Waals surface area (Å²) in [5, 5.41) is 7.94. The quantitative estimate of drug-likeness (QED) is 0.865. The van der Waals surface area contributed by atoms with Crippen LogP contribution in [0.2, 0.25) is 0 Å². The molecule has 0 atom stereocenters. The summed E-state index contributed by atoms with van der Waals surface area (Å²) in [6.07, 6.45) is 2.70. The predicted molar refractivity (Wildman–Crippen MR) is 87.5 cm³/mol. The van der Waals surface area contributed by atoms with Crippen LogP contribution in [0.3, 0.4) is 0 Å². The van der Waals surface area contributed by atoms with Gasteiger partial charge in [0.25, 0.3) is 0 Å². The van der Waals surface area contributed by atoms with Gasteiger partial charge in [0.15, 0.2) is 0 Å². The Hall–Kier alpha value is -1.32. The molecule has 0 saturated heterocycles. The topological polar surface area (TPSA) is 15.3 Å². The van der Waals surface area contributed by atoms with Gasteiger partial charge in [-0.15, -0.1) is 0 Å². The van der Waals surface area contributed by atoms with Crippen LogP contribution in [0, 0.1) is 6.92 Å². The fourth-order valence-corrected chi connectivity index (χ4v) is 3.21. The fourth-order valence-electron chi connectivity index (χ4n) is 2.55. The second-order valence-corrected chi connectivity index (χ2v) is 6.54. The molecule has 20 heavy (non-hydrogen) atoms. The van der Waals surface area contributed by atoms with E-state index >= 15 is 0 Å². The Bertz CT molecular complexity index is 558. The molecule has 0 bridgehead atoms. The smallest absolute Gasteiger partial charge is 0.0434 e. The third-order valence-corrected chi connectivity index (χ3v) is 4.58. The summed E-state index contributed by atoms with van der Waals surface area (Å²) in [5.74, 6) is 0. The van der Waals surface area contributed by atoms with E-state index in [1.54, 1.807) is 11.3 Å². The van der Waals surface area contributed by atoms with Gasteiger partial charge in [-0.25, -0.2) is 0 Å². The third-order valence-electron chi connectivity index (χ3n) is 3.84. The van der Waals surface area contributed by atoms with E-state index in [2.05, 4.69) is 59.2 Å². The van der Waals surface area contributed by atoms with Crippen LogP contribution in [0.25, 0.3) is 0 Å². The summed E-state index contributed by atoms with van der Waals surface area (Å²) in [4.78, 5) is 2.33. The van der Waals surface area contributed by atoms with Gasteiger partial charge in [0.2, 0.25) is 0 Å². The molecule has 1 aromatic carbocycles. The van der Waals surface area contributed by atoms with Crippen LogP contribution in [0.1, 0.15) is 29.5 Å². The first-order valence-corrected chi connectivity index (χ1v) is 8.22. The molecule has 106 valence electrons. The minimum atomic E-state index is 0.774. The Kier molecular flexibility index (Phi) is 4.08. The maximum atomic E-state index is 3.57. The molecule has 1 N–H and O–H groups in total.